The summed E-state index contributed by atoms with van der Waals surface area (Å²) in [6.07, 6.45) is 0.830. The first kappa shape index (κ1) is 12.7. The van der Waals surface area contributed by atoms with Crippen LogP contribution in [-0.4, -0.2) is 19.0 Å². The molecule has 1 aromatic rings. The van der Waals surface area contributed by atoms with Crippen molar-refractivity contribution in [3.8, 4) is 0 Å². The number of benzene rings is 1. The highest BCUT2D eigenvalue weighted by Gasteiger charge is 2.36. The lowest BCUT2D eigenvalue weighted by atomic mass is 9.89. The van der Waals surface area contributed by atoms with Crippen molar-refractivity contribution in [2.45, 2.75) is 13.3 Å². The van der Waals surface area contributed by atoms with Gasteiger partial charge in [-0.2, -0.15) is 0 Å². The summed E-state index contributed by atoms with van der Waals surface area (Å²) in [6.45, 7) is 3.50. The molecule has 1 aromatic carbocycles. The summed E-state index contributed by atoms with van der Waals surface area (Å²) in [5.41, 5.74) is 0.198. The van der Waals surface area contributed by atoms with Gasteiger partial charge in [-0.25, -0.2) is 0 Å². The van der Waals surface area contributed by atoms with Crippen LogP contribution in [0, 0.1) is 5.41 Å². The molecule has 92 valence electrons. The van der Waals surface area contributed by atoms with Crippen LogP contribution in [0.1, 0.15) is 13.3 Å². The fraction of sp³-hybridized carbons (Fsp3) is 0.417. The molecule has 1 heterocycles. The molecule has 5 heteroatoms. The Labute approximate surface area is 110 Å². The summed E-state index contributed by atoms with van der Waals surface area (Å²) in [7, 11) is 0. The fourth-order valence-corrected chi connectivity index (χ4v) is 2.21. The molecule has 0 aliphatic carbocycles. The average molecular weight is 273 g/mol. The van der Waals surface area contributed by atoms with Gasteiger partial charge < -0.3 is 10.6 Å². The zero-order valence-electron chi connectivity index (χ0n) is 9.52. The summed E-state index contributed by atoms with van der Waals surface area (Å²) < 4.78 is 0. The van der Waals surface area contributed by atoms with Crippen LogP contribution in [0.15, 0.2) is 18.2 Å². The summed E-state index contributed by atoms with van der Waals surface area (Å²) in [4.78, 5) is 12.1. The van der Waals surface area contributed by atoms with Gasteiger partial charge in [0.2, 0.25) is 5.91 Å². The molecule has 1 amide bonds. The maximum Gasteiger partial charge on any atom is 0.231 e. The first-order valence-electron chi connectivity index (χ1n) is 5.48. The smallest absolute Gasteiger partial charge is 0.231 e. The first-order chi connectivity index (χ1) is 8.01. The van der Waals surface area contributed by atoms with Gasteiger partial charge in [-0.15, -0.1) is 0 Å². The summed E-state index contributed by atoms with van der Waals surface area (Å²) >= 11 is 11.9. The van der Waals surface area contributed by atoms with Crippen molar-refractivity contribution in [2.75, 3.05) is 18.4 Å². The van der Waals surface area contributed by atoms with Crippen molar-refractivity contribution in [1.29, 1.82) is 0 Å². The van der Waals surface area contributed by atoms with Crippen molar-refractivity contribution < 1.29 is 4.79 Å². The van der Waals surface area contributed by atoms with Crippen LogP contribution in [0.2, 0.25) is 10.0 Å². The van der Waals surface area contributed by atoms with Crippen molar-refractivity contribution in [1.82, 2.24) is 5.32 Å². The quantitative estimate of drug-likeness (QED) is 0.869. The van der Waals surface area contributed by atoms with Crippen molar-refractivity contribution in [3.05, 3.63) is 28.2 Å². The lowest BCUT2D eigenvalue weighted by Gasteiger charge is -2.21. The lowest BCUT2D eigenvalue weighted by molar-refractivity contribution is -0.123. The minimum Gasteiger partial charge on any atom is -0.324 e. The monoisotopic (exact) mass is 272 g/mol. The number of anilines is 1. The van der Waals surface area contributed by atoms with Crippen molar-refractivity contribution >= 4 is 34.8 Å². The number of hydrogen-bond donors (Lipinski definition) is 2. The van der Waals surface area contributed by atoms with Crippen LogP contribution < -0.4 is 10.6 Å². The second-order valence-corrected chi connectivity index (χ2v) is 5.41. The number of hydrogen-bond acceptors (Lipinski definition) is 2. The van der Waals surface area contributed by atoms with Gasteiger partial charge in [-0.3, -0.25) is 4.79 Å². The molecular formula is C12H14Cl2N2O. The molecule has 1 aliphatic heterocycles. The van der Waals surface area contributed by atoms with Gasteiger partial charge in [0.05, 0.1) is 16.1 Å². The third-order valence-corrected chi connectivity index (χ3v) is 3.66. The van der Waals surface area contributed by atoms with E-state index in [2.05, 4.69) is 10.6 Å². The number of nitrogens with one attached hydrogen (secondary N) is 2. The van der Waals surface area contributed by atoms with E-state index in [4.69, 9.17) is 23.2 Å². The van der Waals surface area contributed by atoms with Gasteiger partial charge in [0.15, 0.2) is 0 Å². The van der Waals surface area contributed by atoms with Gasteiger partial charge in [-0.05, 0) is 38.1 Å². The molecule has 1 atom stereocenters. The Morgan fingerprint density at radius 2 is 2.24 bits per heavy atom. The Morgan fingerprint density at radius 1 is 1.47 bits per heavy atom. The molecular weight excluding hydrogens is 259 g/mol. The normalized spacial score (nSPS) is 23.7. The standard InChI is InChI=1S/C12H14Cl2N2O/c1-12(4-5-15-7-12)11(17)16-10-6-8(13)2-3-9(10)14/h2-3,6,15H,4-5,7H2,1H3,(H,16,17). The minimum absolute atomic E-state index is 0.0216. The number of halogens is 2. The maximum absolute atomic E-state index is 12.1. The molecule has 3 nitrogen and oxygen atoms in total. The molecule has 2 rings (SSSR count). The van der Waals surface area contributed by atoms with E-state index < -0.39 is 0 Å². The maximum atomic E-state index is 12.1. The molecule has 0 bridgehead atoms. The molecule has 1 unspecified atom stereocenters. The van der Waals surface area contributed by atoms with E-state index in [1.165, 1.54) is 0 Å². The van der Waals surface area contributed by atoms with E-state index >= 15 is 0 Å². The second-order valence-electron chi connectivity index (χ2n) is 4.57. The average Bonchev–Trinajstić information content (AvgIpc) is 2.72. The van der Waals surface area contributed by atoms with Crippen LogP contribution in [0.25, 0.3) is 0 Å². The summed E-state index contributed by atoms with van der Waals surface area (Å²) in [5.74, 6) is -0.0216. The highest BCUT2D eigenvalue weighted by atomic mass is 35.5. The number of amides is 1. The van der Waals surface area contributed by atoms with Gasteiger partial charge >= 0.3 is 0 Å². The topological polar surface area (TPSA) is 41.1 Å². The van der Waals surface area contributed by atoms with Gasteiger partial charge in [0.1, 0.15) is 0 Å². The highest BCUT2D eigenvalue weighted by Crippen LogP contribution is 2.30. The Morgan fingerprint density at radius 3 is 2.88 bits per heavy atom. The van der Waals surface area contributed by atoms with E-state index in [9.17, 15) is 4.79 Å². The highest BCUT2D eigenvalue weighted by molar-refractivity contribution is 6.35. The summed E-state index contributed by atoms with van der Waals surface area (Å²) in [5, 5.41) is 7.08. The molecule has 17 heavy (non-hydrogen) atoms. The molecule has 1 fully saturated rings. The fourth-order valence-electron chi connectivity index (χ4n) is 1.88. The SMILES string of the molecule is CC1(C(=O)Nc2cc(Cl)ccc2Cl)CCNC1. The Balaban J connectivity index is 2.15. The van der Waals surface area contributed by atoms with E-state index in [-0.39, 0.29) is 11.3 Å². The van der Waals surface area contributed by atoms with E-state index in [1.54, 1.807) is 18.2 Å². The molecule has 0 spiro atoms. The number of carbonyl (C=O) groups is 1. The zero-order chi connectivity index (χ0) is 12.5. The van der Waals surface area contributed by atoms with Crippen molar-refractivity contribution in [2.24, 2.45) is 5.41 Å². The Bertz CT molecular complexity index is 442. The first-order valence-corrected chi connectivity index (χ1v) is 6.24. The van der Waals surface area contributed by atoms with Crippen LogP contribution in [0.5, 0.6) is 0 Å². The van der Waals surface area contributed by atoms with Gasteiger partial charge in [0.25, 0.3) is 0 Å². The lowest BCUT2D eigenvalue weighted by Crippen LogP contribution is -2.35. The van der Waals surface area contributed by atoms with Crippen LogP contribution >= 0.6 is 23.2 Å². The van der Waals surface area contributed by atoms with Crippen LogP contribution in [0.4, 0.5) is 5.69 Å². The zero-order valence-corrected chi connectivity index (χ0v) is 11.0. The Hall–Kier alpha value is -0.770. The molecule has 0 radical (unpaired) electrons. The van der Waals surface area contributed by atoms with Gasteiger partial charge in [0, 0.05) is 11.6 Å². The number of rotatable bonds is 2. The Kier molecular flexibility index (Phi) is 3.61. The minimum atomic E-state index is -0.369. The van der Waals surface area contributed by atoms with Crippen LogP contribution in [-0.2, 0) is 4.79 Å². The molecule has 0 aromatic heterocycles. The third kappa shape index (κ3) is 2.73. The van der Waals surface area contributed by atoms with Crippen LogP contribution in [0.3, 0.4) is 0 Å². The van der Waals surface area contributed by atoms with E-state index in [0.717, 1.165) is 13.0 Å². The molecule has 0 saturated carbocycles. The molecule has 2 N–H and O–H groups in total. The molecule has 1 aliphatic rings. The third-order valence-electron chi connectivity index (χ3n) is 3.09. The van der Waals surface area contributed by atoms with E-state index in [1.807, 2.05) is 6.92 Å². The van der Waals surface area contributed by atoms with E-state index in [0.29, 0.717) is 22.3 Å². The predicted molar refractivity (Wildman–Crippen MR) is 70.7 cm³/mol. The second kappa shape index (κ2) is 4.84. The number of carbonyl (C=O) groups excluding carboxylic acids is 1. The summed E-state index contributed by atoms with van der Waals surface area (Å²) in [6, 6.07) is 5.03. The predicted octanol–water partition coefficient (Wildman–Crippen LogP) is 2.93. The largest absolute Gasteiger partial charge is 0.324 e. The van der Waals surface area contributed by atoms with Crippen molar-refractivity contribution in [3.63, 3.8) is 0 Å². The molecule has 1 saturated heterocycles. The van der Waals surface area contributed by atoms with Gasteiger partial charge in [-0.1, -0.05) is 23.2 Å².